The molecule has 5 nitrogen and oxygen atoms in total. The second-order valence-electron chi connectivity index (χ2n) is 5.96. The second kappa shape index (κ2) is 8.46. The largest absolute Gasteiger partial charge is 0.339 e. The van der Waals surface area contributed by atoms with Crippen LogP contribution in [0.25, 0.3) is 0 Å². The van der Waals surface area contributed by atoms with Crippen LogP contribution >= 0.6 is 12.4 Å². The third-order valence-electron chi connectivity index (χ3n) is 4.45. The highest BCUT2D eigenvalue weighted by Crippen LogP contribution is 2.13. The number of amides is 1. The number of nitrogens with one attached hydrogen (secondary N) is 1. The number of pyridine rings is 1. The Balaban J connectivity index is 0.00000176. The third kappa shape index (κ3) is 4.41. The molecule has 2 fully saturated rings. The maximum absolute atomic E-state index is 12.5. The summed E-state index contributed by atoms with van der Waals surface area (Å²) in [5, 5.41) is 3.36. The van der Waals surface area contributed by atoms with E-state index in [9.17, 15) is 4.79 Å². The highest BCUT2D eigenvalue weighted by atomic mass is 35.5. The molecular formula is C16H25ClN4O. The third-order valence-corrected chi connectivity index (χ3v) is 4.45. The first-order valence-electron chi connectivity index (χ1n) is 7.96. The van der Waals surface area contributed by atoms with Gasteiger partial charge in [0.05, 0.1) is 6.04 Å². The Bertz CT molecular complexity index is 456. The number of carbonyl (C=O) groups excluding carboxylic acids is 1. The van der Waals surface area contributed by atoms with E-state index in [-0.39, 0.29) is 18.4 Å². The number of carbonyl (C=O) groups is 1. The summed E-state index contributed by atoms with van der Waals surface area (Å²) in [4.78, 5) is 20.9. The van der Waals surface area contributed by atoms with Gasteiger partial charge in [-0.25, -0.2) is 0 Å². The summed E-state index contributed by atoms with van der Waals surface area (Å²) in [5.41, 5.74) is 1.29. The predicted molar refractivity (Wildman–Crippen MR) is 89.0 cm³/mol. The molecule has 2 aliphatic heterocycles. The monoisotopic (exact) mass is 324 g/mol. The van der Waals surface area contributed by atoms with E-state index >= 15 is 0 Å². The van der Waals surface area contributed by atoms with E-state index < -0.39 is 0 Å². The van der Waals surface area contributed by atoms with Gasteiger partial charge in [0.15, 0.2) is 0 Å². The molecule has 3 heterocycles. The van der Waals surface area contributed by atoms with Gasteiger partial charge in [0.1, 0.15) is 0 Å². The number of hydrogen-bond acceptors (Lipinski definition) is 4. The lowest BCUT2D eigenvalue weighted by atomic mass is 10.0. The van der Waals surface area contributed by atoms with Crippen molar-refractivity contribution < 1.29 is 4.79 Å². The van der Waals surface area contributed by atoms with Gasteiger partial charge in [-0.3, -0.25) is 14.7 Å². The highest BCUT2D eigenvalue weighted by Gasteiger charge is 2.28. The molecule has 0 spiro atoms. The van der Waals surface area contributed by atoms with Crippen LogP contribution in [0.1, 0.15) is 24.8 Å². The summed E-state index contributed by atoms with van der Waals surface area (Å²) in [5.74, 6) is 0.304. The van der Waals surface area contributed by atoms with Gasteiger partial charge < -0.3 is 10.2 Å². The quantitative estimate of drug-likeness (QED) is 0.910. The standard InChI is InChI=1S/C16H24N4O.ClH/c21-16(15-3-1-2-6-18-15)20-11-9-19(10-12-20)13-14-4-7-17-8-5-14;/h4-5,7-8,15,18H,1-3,6,9-13H2;1H/t15-;/m1./s1. The molecule has 0 bridgehead atoms. The van der Waals surface area contributed by atoms with E-state index in [4.69, 9.17) is 0 Å². The van der Waals surface area contributed by atoms with Crippen LogP contribution in [0.3, 0.4) is 0 Å². The lowest BCUT2D eigenvalue weighted by Crippen LogP contribution is -2.54. The minimum atomic E-state index is 0. The Hall–Kier alpha value is -1.17. The van der Waals surface area contributed by atoms with Gasteiger partial charge in [-0.2, -0.15) is 0 Å². The van der Waals surface area contributed by atoms with E-state index in [0.29, 0.717) is 5.91 Å². The smallest absolute Gasteiger partial charge is 0.239 e. The zero-order chi connectivity index (χ0) is 14.5. The molecule has 1 aromatic rings. The molecule has 6 heteroatoms. The molecule has 0 unspecified atom stereocenters. The first-order chi connectivity index (χ1) is 10.3. The number of aromatic nitrogens is 1. The molecule has 22 heavy (non-hydrogen) atoms. The topological polar surface area (TPSA) is 48.5 Å². The number of piperazine rings is 1. The van der Waals surface area contributed by atoms with E-state index in [0.717, 1.165) is 45.7 Å². The van der Waals surface area contributed by atoms with Crippen LogP contribution in [-0.2, 0) is 11.3 Å². The number of nitrogens with zero attached hydrogens (tertiary/aromatic N) is 3. The zero-order valence-corrected chi connectivity index (χ0v) is 13.7. The first-order valence-corrected chi connectivity index (χ1v) is 7.96. The van der Waals surface area contributed by atoms with Crippen LogP contribution in [0.15, 0.2) is 24.5 Å². The maximum Gasteiger partial charge on any atom is 0.239 e. The van der Waals surface area contributed by atoms with Gasteiger partial charge >= 0.3 is 0 Å². The Morgan fingerprint density at radius 3 is 2.55 bits per heavy atom. The molecule has 1 aromatic heterocycles. The molecule has 3 rings (SSSR count). The van der Waals surface area contributed by atoms with Gasteiger partial charge in [0.2, 0.25) is 5.91 Å². The second-order valence-corrected chi connectivity index (χ2v) is 5.96. The number of piperidine rings is 1. The fourth-order valence-corrected chi connectivity index (χ4v) is 3.16. The van der Waals surface area contributed by atoms with Gasteiger partial charge in [0.25, 0.3) is 0 Å². The Morgan fingerprint density at radius 1 is 1.18 bits per heavy atom. The van der Waals surface area contributed by atoms with Crippen molar-refractivity contribution >= 4 is 18.3 Å². The Labute approximate surface area is 138 Å². The Morgan fingerprint density at radius 2 is 1.91 bits per heavy atom. The van der Waals surface area contributed by atoms with Gasteiger partial charge in [-0.15, -0.1) is 12.4 Å². The van der Waals surface area contributed by atoms with E-state index in [1.54, 1.807) is 0 Å². The lowest BCUT2D eigenvalue weighted by molar-refractivity contribution is -0.135. The molecule has 0 saturated carbocycles. The summed E-state index contributed by atoms with van der Waals surface area (Å²) in [6, 6.07) is 4.18. The van der Waals surface area contributed by atoms with Crippen molar-refractivity contribution in [2.45, 2.75) is 31.8 Å². The number of halogens is 1. The van der Waals surface area contributed by atoms with Crippen molar-refractivity contribution in [2.24, 2.45) is 0 Å². The first kappa shape index (κ1) is 17.2. The number of hydrogen-bond donors (Lipinski definition) is 1. The van der Waals surface area contributed by atoms with Gasteiger partial charge in [-0.05, 0) is 37.1 Å². The minimum Gasteiger partial charge on any atom is -0.339 e. The normalized spacial score (nSPS) is 22.9. The zero-order valence-electron chi connectivity index (χ0n) is 12.9. The van der Waals surface area contributed by atoms with Crippen LogP contribution in [0, 0.1) is 0 Å². The van der Waals surface area contributed by atoms with Crippen molar-refractivity contribution in [3.8, 4) is 0 Å². The van der Waals surface area contributed by atoms with E-state index in [1.807, 2.05) is 17.3 Å². The highest BCUT2D eigenvalue weighted by molar-refractivity contribution is 5.85. The molecule has 0 aromatic carbocycles. The fourth-order valence-electron chi connectivity index (χ4n) is 3.16. The molecule has 2 saturated heterocycles. The average Bonchev–Trinajstić information content (AvgIpc) is 2.57. The van der Waals surface area contributed by atoms with Crippen LogP contribution in [0.5, 0.6) is 0 Å². The Kier molecular flexibility index (Phi) is 6.61. The van der Waals surface area contributed by atoms with Crippen molar-refractivity contribution in [2.75, 3.05) is 32.7 Å². The van der Waals surface area contributed by atoms with Crippen molar-refractivity contribution in [3.05, 3.63) is 30.1 Å². The van der Waals surface area contributed by atoms with Gasteiger partial charge in [0, 0.05) is 45.1 Å². The molecule has 0 aliphatic carbocycles. The molecule has 122 valence electrons. The summed E-state index contributed by atoms with van der Waals surface area (Å²) in [7, 11) is 0. The molecule has 1 amide bonds. The van der Waals surface area contributed by atoms with E-state index in [1.165, 1.54) is 18.4 Å². The van der Waals surface area contributed by atoms with Crippen LogP contribution in [0.2, 0.25) is 0 Å². The fraction of sp³-hybridized carbons (Fsp3) is 0.625. The predicted octanol–water partition coefficient (Wildman–Crippen LogP) is 1.29. The van der Waals surface area contributed by atoms with Crippen molar-refractivity contribution in [1.29, 1.82) is 0 Å². The van der Waals surface area contributed by atoms with Crippen LogP contribution in [-0.4, -0.2) is 59.5 Å². The molecule has 1 N–H and O–H groups in total. The molecule has 0 radical (unpaired) electrons. The lowest BCUT2D eigenvalue weighted by Gasteiger charge is -2.37. The summed E-state index contributed by atoms with van der Waals surface area (Å²) < 4.78 is 0. The minimum absolute atomic E-state index is 0. The molecule has 1 atom stereocenters. The van der Waals surface area contributed by atoms with Crippen molar-refractivity contribution in [1.82, 2.24) is 20.1 Å². The maximum atomic E-state index is 12.5. The van der Waals surface area contributed by atoms with E-state index in [2.05, 4.69) is 27.3 Å². The number of rotatable bonds is 3. The summed E-state index contributed by atoms with van der Waals surface area (Å²) in [6.45, 7) is 5.55. The van der Waals surface area contributed by atoms with Gasteiger partial charge in [-0.1, -0.05) is 6.42 Å². The average molecular weight is 325 g/mol. The SMILES string of the molecule is Cl.O=C([C@H]1CCCCN1)N1CCN(Cc2ccncc2)CC1. The summed E-state index contributed by atoms with van der Waals surface area (Å²) >= 11 is 0. The summed E-state index contributed by atoms with van der Waals surface area (Å²) in [6.07, 6.45) is 7.04. The van der Waals surface area contributed by atoms with Crippen LogP contribution in [0.4, 0.5) is 0 Å². The van der Waals surface area contributed by atoms with Crippen LogP contribution < -0.4 is 5.32 Å². The molecular weight excluding hydrogens is 300 g/mol. The molecule has 2 aliphatic rings. The van der Waals surface area contributed by atoms with Crippen molar-refractivity contribution in [3.63, 3.8) is 0 Å².